The maximum Gasteiger partial charge on any atom is 0.323 e. The van der Waals surface area contributed by atoms with Crippen molar-refractivity contribution in [2.45, 2.75) is 6.92 Å². The van der Waals surface area contributed by atoms with E-state index in [4.69, 9.17) is 22.4 Å². The number of halogens is 1. The summed E-state index contributed by atoms with van der Waals surface area (Å²) in [5.74, 6) is -0.640. The summed E-state index contributed by atoms with van der Waals surface area (Å²) >= 11 is 5.65. The lowest BCUT2D eigenvalue weighted by atomic mass is 10.3. The molecule has 7 heteroatoms. The van der Waals surface area contributed by atoms with Crippen molar-refractivity contribution in [2.75, 3.05) is 24.2 Å². The zero-order valence-corrected chi connectivity index (χ0v) is 9.12. The van der Waals surface area contributed by atoms with Crippen molar-refractivity contribution in [3.05, 3.63) is 11.0 Å². The highest BCUT2D eigenvalue weighted by Crippen LogP contribution is 2.23. The molecule has 0 atom stereocenters. The van der Waals surface area contributed by atoms with Crippen molar-refractivity contribution < 1.29 is 9.90 Å². The number of likely N-dealkylation sites (N-methyl/N-ethyl adjacent to an activating group) is 1. The van der Waals surface area contributed by atoms with Crippen LogP contribution >= 0.6 is 11.6 Å². The van der Waals surface area contributed by atoms with Crippen molar-refractivity contribution in [2.24, 2.45) is 0 Å². The number of aromatic nitrogens is 2. The van der Waals surface area contributed by atoms with Crippen LogP contribution < -0.4 is 10.6 Å². The molecule has 6 nitrogen and oxygen atoms in total. The van der Waals surface area contributed by atoms with Gasteiger partial charge in [-0.1, -0.05) is 0 Å². The van der Waals surface area contributed by atoms with Gasteiger partial charge in [0, 0.05) is 7.05 Å². The number of nitrogen functional groups attached to an aromatic ring is 1. The van der Waals surface area contributed by atoms with Crippen LogP contribution in [0.1, 0.15) is 5.69 Å². The molecule has 3 N–H and O–H groups in total. The van der Waals surface area contributed by atoms with Crippen LogP contribution in [0.5, 0.6) is 0 Å². The number of nitrogens with two attached hydrogens (primary N) is 1. The second-order valence-electron chi connectivity index (χ2n) is 3.07. The fraction of sp³-hybridized carbons (Fsp3) is 0.375. The second-order valence-corrected chi connectivity index (χ2v) is 3.40. The normalized spacial score (nSPS) is 10.1. The van der Waals surface area contributed by atoms with E-state index in [0.29, 0.717) is 17.2 Å². The lowest BCUT2D eigenvalue weighted by molar-refractivity contribution is -0.135. The van der Waals surface area contributed by atoms with Gasteiger partial charge in [-0.25, -0.2) is 4.98 Å². The van der Waals surface area contributed by atoms with Crippen molar-refractivity contribution in [1.29, 1.82) is 0 Å². The molecule has 0 bridgehead atoms. The van der Waals surface area contributed by atoms with Crippen molar-refractivity contribution in [3.63, 3.8) is 0 Å². The van der Waals surface area contributed by atoms with E-state index in [1.165, 1.54) is 4.90 Å². The van der Waals surface area contributed by atoms with Crippen molar-refractivity contribution >= 4 is 29.1 Å². The van der Waals surface area contributed by atoms with Crippen LogP contribution in [-0.4, -0.2) is 34.6 Å². The first-order valence-electron chi connectivity index (χ1n) is 4.14. The van der Waals surface area contributed by atoms with Crippen LogP contribution in [0.15, 0.2) is 0 Å². The summed E-state index contributed by atoms with van der Waals surface area (Å²) in [7, 11) is 1.57. The first-order chi connectivity index (χ1) is 6.91. The Bertz CT molecular complexity index is 396. The molecule has 0 spiro atoms. The van der Waals surface area contributed by atoms with Gasteiger partial charge in [-0.3, -0.25) is 4.79 Å². The van der Waals surface area contributed by atoms with E-state index in [0.717, 1.165) is 0 Å². The van der Waals surface area contributed by atoms with E-state index in [9.17, 15) is 4.79 Å². The zero-order chi connectivity index (χ0) is 11.6. The molecule has 1 aromatic heterocycles. The first kappa shape index (κ1) is 11.5. The highest BCUT2D eigenvalue weighted by Gasteiger charge is 2.13. The van der Waals surface area contributed by atoms with Gasteiger partial charge in [-0.2, -0.15) is 4.98 Å². The summed E-state index contributed by atoms with van der Waals surface area (Å²) < 4.78 is 0. The van der Waals surface area contributed by atoms with Crippen LogP contribution in [-0.2, 0) is 4.79 Å². The summed E-state index contributed by atoms with van der Waals surface area (Å²) in [6.07, 6.45) is 0. The van der Waals surface area contributed by atoms with E-state index in [1.807, 2.05) is 0 Å². The maximum atomic E-state index is 10.5. The van der Waals surface area contributed by atoms with Crippen LogP contribution in [0, 0.1) is 6.92 Å². The summed E-state index contributed by atoms with van der Waals surface area (Å²) in [5, 5.41) is 8.67. The topological polar surface area (TPSA) is 92.3 Å². The fourth-order valence-electron chi connectivity index (χ4n) is 1.10. The Hall–Kier alpha value is -1.56. The molecule has 82 valence electrons. The molecule has 0 aliphatic carbocycles. The Balaban J connectivity index is 3.07. The third-order valence-corrected chi connectivity index (χ3v) is 1.99. The lowest BCUT2D eigenvalue weighted by Crippen LogP contribution is -2.27. The van der Waals surface area contributed by atoms with Crippen LogP contribution in [0.4, 0.5) is 11.5 Å². The molecule has 0 saturated heterocycles. The predicted molar refractivity (Wildman–Crippen MR) is 57.1 cm³/mol. The number of aryl methyl sites for hydroxylation is 1. The number of anilines is 2. The Morgan fingerprint density at radius 2 is 2.20 bits per heavy atom. The van der Waals surface area contributed by atoms with Crippen LogP contribution in [0.2, 0.25) is 5.28 Å². The number of carboxylic acid groups (broad SMARTS) is 1. The summed E-state index contributed by atoms with van der Waals surface area (Å²) in [4.78, 5) is 19.6. The SMILES string of the molecule is Cc1nc(Cl)nc(N(C)CC(=O)O)c1N. The van der Waals surface area contributed by atoms with Gasteiger partial charge >= 0.3 is 5.97 Å². The number of hydrogen-bond acceptors (Lipinski definition) is 5. The van der Waals surface area contributed by atoms with Crippen molar-refractivity contribution in [1.82, 2.24) is 9.97 Å². The Morgan fingerprint density at radius 1 is 1.60 bits per heavy atom. The molecular formula is C8H11ClN4O2. The molecule has 0 aliphatic rings. The smallest absolute Gasteiger partial charge is 0.323 e. The molecule has 1 aromatic rings. The number of rotatable bonds is 3. The number of hydrogen-bond donors (Lipinski definition) is 2. The average molecular weight is 231 g/mol. The van der Waals surface area contributed by atoms with Crippen molar-refractivity contribution in [3.8, 4) is 0 Å². The Kier molecular flexibility index (Phi) is 3.31. The molecule has 1 rings (SSSR count). The van der Waals surface area contributed by atoms with E-state index < -0.39 is 5.97 Å². The van der Waals surface area contributed by atoms with E-state index in [2.05, 4.69) is 9.97 Å². The Labute approximate surface area is 91.7 Å². The number of nitrogens with zero attached hydrogens (tertiary/aromatic N) is 3. The van der Waals surface area contributed by atoms with Gasteiger partial charge < -0.3 is 15.7 Å². The van der Waals surface area contributed by atoms with E-state index in [1.54, 1.807) is 14.0 Å². The van der Waals surface area contributed by atoms with Gasteiger partial charge in [0.25, 0.3) is 0 Å². The summed E-state index contributed by atoms with van der Waals surface area (Å²) in [5.41, 5.74) is 6.58. The number of aliphatic carboxylic acids is 1. The number of carboxylic acids is 1. The molecule has 0 aromatic carbocycles. The minimum absolute atomic E-state index is 0.0499. The molecule has 0 saturated carbocycles. The van der Waals surface area contributed by atoms with Gasteiger partial charge in [0.2, 0.25) is 5.28 Å². The van der Waals surface area contributed by atoms with Gasteiger partial charge in [0.1, 0.15) is 6.54 Å². The summed E-state index contributed by atoms with van der Waals surface area (Å²) in [6.45, 7) is 1.48. The molecule has 0 unspecified atom stereocenters. The Morgan fingerprint density at radius 3 is 2.73 bits per heavy atom. The number of carbonyl (C=O) groups is 1. The molecule has 0 radical (unpaired) electrons. The molecular weight excluding hydrogens is 220 g/mol. The monoisotopic (exact) mass is 230 g/mol. The maximum absolute atomic E-state index is 10.5. The van der Waals surface area contributed by atoms with E-state index >= 15 is 0 Å². The molecule has 0 amide bonds. The van der Waals surface area contributed by atoms with Gasteiger partial charge in [0.15, 0.2) is 5.82 Å². The minimum Gasteiger partial charge on any atom is -0.480 e. The van der Waals surface area contributed by atoms with Gasteiger partial charge in [0.05, 0.1) is 11.4 Å². The molecule has 0 fully saturated rings. The van der Waals surface area contributed by atoms with Crippen LogP contribution in [0.3, 0.4) is 0 Å². The highest BCUT2D eigenvalue weighted by molar-refractivity contribution is 6.28. The standard InChI is InChI=1S/C8H11ClN4O2/c1-4-6(10)7(12-8(9)11-4)13(2)3-5(14)15/h3,10H2,1-2H3,(H,14,15). The third-order valence-electron chi connectivity index (χ3n) is 1.82. The minimum atomic E-state index is -0.968. The highest BCUT2D eigenvalue weighted by atomic mass is 35.5. The average Bonchev–Trinajstić information content (AvgIpc) is 2.09. The molecule has 0 aliphatic heterocycles. The largest absolute Gasteiger partial charge is 0.480 e. The van der Waals surface area contributed by atoms with E-state index in [-0.39, 0.29) is 11.8 Å². The second kappa shape index (κ2) is 4.31. The van der Waals surface area contributed by atoms with Gasteiger partial charge in [-0.05, 0) is 18.5 Å². The predicted octanol–water partition coefficient (Wildman–Crippen LogP) is 0.541. The quantitative estimate of drug-likeness (QED) is 0.737. The summed E-state index contributed by atoms with van der Waals surface area (Å²) in [6, 6.07) is 0. The first-order valence-corrected chi connectivity index (χ1v) is 4.52. The fourth-order valence-corrected chi connectivity index (χ4v) is 1.31. The lowest BCUT2D eigenvalue weighted by Gasteiger charge is -2.18. The third kappa shape index (κ3) is 2.69. The molecule has 1 heterocycles. The zero-order valence-electron chi connectivity index (χ0n) is 8.36. The van der Waals surface area contributed by atoms with Crippen LogP contribution in [0.25, 0.3) is 0 Å². The van der Waals surface area contributed by atoms with Gasteiger partial charge in [-0.15, -0.1) is 0 Å². The molecule has 15 heavy (non-hydrogen) atoms.